The number of carbonyl (C=O) groups is 1. The second-order valence-electron chi connectivity index (χ2n) is 9.97. The minimum absolute atomic E-state index is 0.233. The lowest BCUT2D eigenvalue weighted by Gasteiger charge is -2.34. The van der Waals surface area contributed by atoms with Crippen LogP contribution in [0.4, 0.5) is 4.39 Å². The summed E-state index contributed by atoms with van der Waals surface area (Å²) in [6, 6.07) is 10.2. The highest BCUT2D eigenvalue weighted by atomic mass is 19.1. The Balaban J connectivity index is 1.84. The van der Waals surface area contributed by atoms with Gasteiger partial charge in [-0.1, -0.05) is 42.5 Å². The number of halogens is 1. The van der Waals surface area contributed by atoms with Gasteiger partial charge in [0.15, 0.2) is 11.6 Å². The van der Waals surface area contributed by atoms with Gasteiger partial charge in [0, 0.05) is 23.4 Å². The van der Waals surface area contributed by atoms with Crippen molar-refractivity contribution in [3.8, 4) is 0 Å². The number of fused-ring (bicyclic) bond motifs is 1. The van der Waals surface area contributed by atoms with Crippen LogP contribution in [0.15, 0.2) is 59.3 Å². The van der Waals surface area contributed by atoms with Crippen molar-refractivity contribution < 1.29 is 13.9 Å². The Bertz CT molecular complexity index is 1510. The molecule has 3 heterocycles. The predicted octanol–water partition coefficient (Wildman–Crippen LogP) is 5.84. The number of carbonyl (C=O) groups excluding carboxylic acids is 1. The van der Waals surface area contributed by atoms with Crippen molar-refractivity contribution in [3.63, 3.8) is 0 Å². The lowest BCUT2D eigenvalue weighted by Crippen LogP contribution is -2.35. The van der Waals surface area contributed by atoms with Gasteiger partial charge in [-0.05, 0) is 81.0 Å². The van der Waals surface area contributed by atoms with Gasteiger partial charge >= 0.3 is 5.97 Å². The minimum Gasteiger partial charge on any atom is -0.469 e. The van der Waals surface area contributed by atoms with E-state index in [0.29, 0.717) is 18.1 Å². The summed E-state index contributed by atoms with van der Waals surface area (Å²) in [6.07, 6.45) is 3.82. The Morgan fingerprint density at radius 3 is 2.35 bits per heavy atom. The molecule has 9 heteroatoms. The number of aryl methyl sites for hydroxylation is 3. The number of rotatable bonds is 9. The zero-order valence-corrected chi connectivity index (χ0v) is 23.9. The first kappa shape index (κ1) is 28.6. The summed E-state index contributed by atoms with van der Waals surface area (Å²) in [5.74, 6) is 0.657. The van der Waals surface area contributed by atoms with Crippen molar-refractivity contribution in [2.24, 2.45) is 0 Å². The van der Waals surface area contributed by atoms with Crippen molar-refractivity contribution in [3.05, 3.63) is 99.1 Å². The quantitative estimate of drug-likeness (QED) is 0.268. The van der Waals surface area contributed by atoms with E-state index in [0.717, 1.165) is 56.1 Å². The minimum atomic E-state index is -0.578. The first-order valence-electron chi connectivity index (χ1n) is 13.2. The van der Waals surface area contributed by atoms with E-state index < -0.39 is 12.8 Å². The number of allylic oxidation sites excluding steroid dienone is 3. The Morgan fingerprint density at radius 2 is 1.75 bits per heavy atom. The van der Waals surface area contributed by atoms with E-state index in [9.17, 15) is 9.18 Å². The van der Waals surface area contributed by atoms with E-state index in [1.165, 1.54) is 7.11 Å². The first-order valence-corrected chi connectivity index (χ1v) is 13.2. The van der Waals surface area contributed by atoms with Crippen LogP contribution in [0.1, 0.15) is 72.6 Å². The molecule has 0 spiro atoms. The second kappa shape index (κ2) is 12.2. The topological polar surface area (TPSA) is 94.8 Å². The molecule has 1 N–H and O–H groups in total. The van der Waals surface area contributed by atoms with Gasteiger partial charge in [0.1, 0.15) is 12.8 Å². The van der Waals surface area contributed by atoms with Crippen LogP contribution in [-0.4, -0.2) is 44.7 Å². The van der Waals surface area contributed by atoms with Gasteiger partial charge in [-0.25, -0.2) is 4.39 Å². The van der Waals surface area contributed by atoms with Gasteiger partial charge in [0.2, 0.25) is 0 Å². The van der Waals surface area contributed by atoms with E-state index in [2.05, 4.69) is 38.4 Å². The molecule has 1 atom stereocenters. The predicted molar refractivity (Wildman–Crippen MR) is 155 cm³/mol. The Kier molecular flexibility index (Phi) is 8.72. The molecule has 2 aromatic heterocycles. The molecule has 0 radical (unpaired) electrons. The van der Waals surface area contributed by atoms with Crippen LogP contribution >= 0.6 is 0 Å². The number of ether oxygens (including phenoxy) is 1. The van der Waals surface area contributed by atoms with E-state index in [4.69, 9.17) is 4.74 Å². The molecule has 0 amide bonds. The number of hydrogen-bond acceptors (Lipinski definition) is 7. The van der Waals surface area contributed by atoms with Crippen molar-refractivity contribution in [2.45, 2.75) is 53.6 Å². The molecule has 0 saturated carbocycles. The molecule has 8 nitrogen and oxygen atoms in total. The lowest BCUT2D eigenvalue weighted by atomic mass is 9.89. The SMILES string of the molecule is C=C(C)/C(CCC(=O)OC)=C(/C)C1=C(c2ccc(/C=C/c3nnc(C)nn3)cc2)c2c(C)cc(C)n2C(CF)N1. The highest BCUT2D eigenvalue weighted by Gasteiger charge is 2.31. The number of hydrogen-bond donors (Lipinski definition) is 1. The molecule has 3 aromatic rings. The van der Waals surface area contributed by atoms with E-state index >= 15 is 0 Å². The molecule has 0 fully saturated rings. The number of benzene rings is 1. The first-order chi connectivity index (χ1) is 19.1. The standard InChI is InChI=1S/C31H35FN6O2/c1-18(2)25(13-15-28(39)40-7)21(5)30-29(31-19(3)16-20(4)38(31)27(17-32)33-30)24-11-8-23(9-12-24)10-14-26-36-34-22(6)35-37-26/h8-12,14,16,27,33H,1,13,15,17H2,2-7H3/b14-10+,25-21-. The smallest absolute Gasteiger partial charge is 0.305 e. The molecule has 0 aliphatic carbocycles. The van der Waals surface area contributed by atoms with Crippen LogP contribution in [-0.2, 0) is 9.53 Å². The Morgan fingerprint density at radius 1 is 1.07 bits per heavy atom. The number of methoxy groups -OCH3 is 1. The Labute approximate surface area is 234 Å². The molecule has 40 heavy (non-hydrogen) atoms. The molecule has 0 saturated heterocycles. The second-order valence-corrected chi connectivity index (χ2v) is 9.97. The number of alkyl halides is 1. The molecule has 0 bridgehead atoms. The number of esters is 1. The summed E-state index contributed by atoms with van der Waals surface area (Å²) in [5.41, 5.74) is 9.45. The maximum Gasteiger partial charge on any atom is 0.305 e. The summed E-state index contributed by atoms with van der Waals surface area (Å²) in [4.78, 5) is 11.9. The van der Waals surface area contributed by atoms with E-state index in [-0.39, 0.29) is 12.4 Å². The summed E-state index contributed by atoms with van der Waals surface area (Å²) >= 11 is 0. The molecule has 1 aliphatic rings. The molecular weight excluding hydrogens is 507 g/mol. The average molecular weight is 543 g/mol. The van der Waals surface area contributed by atoms with Crippen LogP contribution in [0, 0.1) is 20.8 Å². The summed E-state index contributed by atoms with van der Waals surface area (Å²) in [6.45, 7) is 13.3. The van der Waals surface area contributed by atoms with Crippen molar-refractivity contribution in [1.29, 1.82) is 0 Å². The van der Waals surface area contributed by atoms with Gasteiger partial charge in [0.05, 0.1) is 12.8 Å². The zero-order chi connectivity index (χ0) is 29.0. The molecule has 1 unspecified atom stereocenters. The van der Waals surface area contributed by atoms with Crippen molar-refractivity contribution in [2.75, 3.05) is 13.8 Å². The molecule has 1 aliphatic heterocycles. The van der Waals surface area contributed by atoms with Gasteiger partial charge in [-0.2, -0.15) is 0 Å². The third kappa shape index (κ3) is 5.93. The monoisotopic (exact) mass is 542 g/mol. The van der Waals surface area contributed by atoms with E-state index in [1.807, 2.05) is 62.6 Å². The van der Waals surface area contributed by atoms with Gasteiger partial charge in [-0.15, -0.1) is 20.4 Å². The molecule has 208 valence electrons. The number of nitrogens with zero attached hydrogens (tertiary/aromatic N) is 5. The fraction of sp³-hybridized carbons (Fsp3) is 0.323. The van der Waals surface area contributed by atoms with Gasteiger partial charge in [0.25, 0.3) is 0 Å². The summed E-state index contributed by atoms with van der Waals surface area (Å²) in [7, 11) is 1.38. The fourth-order valence-corrected chi connectivity index (χ4v) is 5.13. The van der Waals surface area contributed by atoms with Crippen molar-refractivity contribution >= 4 is 23.7 Å². The molecular formula is C31H35FN6O2. The van der Waals surface area contributed by atoms with Crippen molar-refractivity contribution in [1.82, 2.24) is 30.3 Å². The van der Waals surface area contributed by atoms with Crippen LogP contribution in [0.2, 0.25) is 0 Å². The maximum absolute atomic E-state index is 14.4. The highest BCUT2D eigenvalue weighted by molar-refractivity contribution is 5.86. The van der Waals surface area contributed by atoms with Crippen LogP contribution < -0.4 is 5.32 Å². The third-order valence-electron chi connectivity index (χ3n) is 7.04. The summed E-state index contributed by atoms with van der Waals surface area (Å²) in [5, 5.41) is 19.4. The number of nitrogens with one attached hydrogen (secondary N) is 1. The number of aromatic nitrogens is 5. The normalized spacial score (nSPS) is 15.5. The molecule has 1 aromatic carbocycles. The molecule has 4 rings (SSSR count). The van der Waals surface area contributed by atoms with Gasteiger partial charge in [-0.3, -0.25) is 4.79 Å². The maximum atomic E-state index is 14.4. The third-order valence-corrected chi connectivity index (χ3v) is 7.04. The fourth-order valence-electron chi connectivity index (χ4n) is 5.13. The lowest BCUT2D eigenvalue weighted by molar-refractivity contribution is -0.140. The van der Waals surface area contributed by atoms with E-state index in [1.54, 1.807) is 13.0 Å². The van der Waals surface area contributed by atoms with Gasteiger partial charge < -0.3 is 14.6 Å². The largest absolute Gasteiger partial charge is 0.469 e. The van der Waals surface area contributed by atoms with Crippen LogP contribution in [0.5, 0.6) is 0 Å². The van der Waals surface area contributed by atoms with Crippen LogP contribution in [0.25, 0.3) is 17.7 Å². The van der Waals surface area contributed by atoms with Crippen LogP contribution in [0.3, 0.4) is 0 Å². The zero-order valence-electron chi connectivity index (χ0n) is 23.9. The summed E-state index contributed by atoms with van der Waals surface area (Å²) < 4.78 is 21.3. The Hall–Kier alpha value is -4.40. The average Bonchev–Trinajstić information content (AvgIpc) is 3.25. The highest BCUT2D eigenvalue weighted by Crippen LogP contribution is 2.40.